The molecule has 1 aromatic carbocycles. The molecule has 0 fully saturated rings. The summed E-state index contributed by atoms with van der Waals surface area (Å²) >= 11 is 0. The molecule has 0 aliphatic heterocycles. The predicted octanol–water partition coefficient (Wildman–Crippen LogP) is 1.63. The van der Waals surface area contributed by atoms with E-state index in [-0.39, 0.29) is 5.46 Å². The smallest absolute Gasteiger partial charge is 0.492 e. The zero-order valence-corrected chi connectivity index (χ0v) is 10.3. The van der Waals surface area contributed by atoms with Crippen molar-refractivity contribution in [3.63, 3.8) is 0 Å². The molecule has 0 saturated heterocycles. The van der Waals surface area contributed by atoms with Crippen LogP contribution in [0, 0.1) is 5.82 Å². The van der Waals surface area contributed by atoms with Crippen LogP contribution in [0.5, 0.6) is 5.75 Å². The lowest BCUT2D eigenvalue weighted by atomic mass is 9.79. The molecule has 1 aromatic rings. The summed E-state index contributed by atoms with van der Waals surface area (Å²) in [5.41, 5.74) is 0.0566. The third-order valence-corrected chi connectivity index (χ3v) is 2.56. The zero-order valence-electron chi connectivity index (χ0n) is 10.3. The van der Waals surface area contributed by atoms with Crippen molar-refractivity contribution in [1.29, 1.82) is 0 Å². The van der Waals surface area contributed by atoms with Gasteiger partial charge in [0.2, 0.25) is 0 Å². The molecule has 0 bridgehead atoms. The highest BCUT2D eigenvalue weighted by Crippen LogP contribution is 2.11. The lowest BCUT2D eigenvalue weighted by molar-refractivity contribution is 0.305. The van der Waals surface area contributed by atoms with Gasteiger partial charge in [0.05, 0.1) is 6.61 Å². The number of hydrogen-bond donors (Lipinski definition) is 2. The second-order valence-corrected chi connectivity index (χ2v) is 4.04. The molecule has 18 heavy (non-hydrogen) atoms. The summed E-state index contributed by atoms with van der Waals surface area (Å²) in [6.45, 7) is 4.12. The lowest BCUT2D eigenvalue weighted by Crippen LogP contribution is -2.32. The molecule has 5 heteroatoms. The van der Waals surface area contributed by atoms with Crippen molar-refractivity contribution < 1.29 is 19.2 Å². The van der Waals surface area contributed by atoms with Crippen LogP contribution in [0.25, 0.3) is 0 Å². The van der Waals surface area contributed by atoms with E-state index in [1.807, 2.05) is 6.08 Å². The van der Waals surface area contributed by atoms with Gasteiger partial charge in [-0.3, -0.25) is 0 Å². The van der Waals surface area contributed by atoms with E-state index in [4.69, 9.17) is 14.8 Å². The number of hydrogen-bond acceptors (Lipinski definition) is 3. The van der Waals surface area contributed by atoms with Crippen LogP contribution in [-0.2, 0) is 0 Å². The van der Waals surface area contributed by atoms with Crippen molar-refractivity contribution in [3.05, 3.63) is 36.7 Å². The Morgan fingerprint density at radius 2 is 2.06 bits per heavy atom. The molecule has 1 rings (SSSR count). The molecule has 98 valence electrons. The predicted molar refractivity (Wildman–Crippen MR) is 70.4 cm³/mol. The summed E-state index contributed by atoms with van der Waals surface area (Å²) in [5.74, 6) is -0.202. The van der Waals surface area contributed by atoms with Crippen LogP contribution < -0.4 is 10.2 Å². The highest BCUT2D eigenvalue weighted by Gasteiger charge is 2.17. The molecule has 0 unspecified atom stereocenters. The zero-order chi connectivity index (χ0) is 13.4. The molecular formula is C13H18BFO3. The topological polar surface area (TPSA) is 49.7 Å². The minimum Gasteiger partial charge on any atom is -0.494 e. The van der Waals surface area contributed by atoms with Gasteiger partial charge >= 0.3 is 7.12 Å². The number of allylic oxidation sites excluding steroid dienone is 1. The minimum absolute atomic E-state index is 0.0566. The molecule has 0 radical (unpaired) electrons. The fourth-order valence-electron chi connectivity index (χ4n) is 1.60. The van der Waals surface area contributed by atoms with E-state index in [0.717, 1.165) is 31.7 Å². The van der Waals surface area contributed by atoms with Crippen molar-refractivity contribution in [3.8, 4) is 5.75 Å². The monoisotopic (exact) mass is 252 g/mol. The summed E-state index contributed by atoms with van der Waals surface area (Å²) in [7, 11) is -1.73. The Morgan fingerprint density at radius 3 is 2.72 bits per heavy atom. The quantitative estimate of drug-likeness (QED) is 0.420. The van der Waals surface area contributed by atoms with Gasteiger partial charge < -0.3 is 14.8 Å². The first kappa shape index (κ1) is 14.7. The van der Waals surface area contributed by atoms with Crippen LogP contribution in [0.3, 0.4) is 0 Å². The van der Waals surface area contributed by atoms with Gasteiger partial charge in [-0.05, 0) is 43.9 Å². The lowest BCUT2D eigenvalue weighted by Gasteiger charge is -2.11. The molecule has 0 spiro atoms. The SMILES string of the molecule is C=CCCCCCOc1ccc(F)cc1B(O)O. The van der Waals surface area contributed by atoms with Gasteiger partial charge in [0.25, 0.3) is 0 Å². The van der Waals surface area contributed by atoms with E-state index in [1.54, 1.807) is 0 Å². The molecule has 0 amide bonds. The molecule has 3 nitrogen and oxygen atoms in total. The van der Waals surface area contributed by atoms with E-state index in [1.165, 1.54) is 12.1 Å². The largest absolute Gasteiger partial charge is 0.494 e. The van der Waals surface area contributed by atoms with Gasteiger partial charge in [-0.15, -0.1) is 6.58 Å². The van der Waals surface area contributed by atoms with E-state index >= 15 is 0 Å². The Kier molecular flexibility index (Phi) is 6.46. The molecule has 0 atom stereocenters. The number of rotatable bonds is 8. The van der Waals surface area contributed by atoms with Crippen LogP contribution in [0.2, 0.25) is 0 Å². The first-order valence-electron chi connectivity index (χ1n) is 6.04. The maximum Gasteiger partial charge on any atom is 0.492 e. The Bertz CT molecular complexity index is 382. The second-order valence-electron chi connectivity index (χ2n) is 4.04. The highest BCUT2D eigenvalue weighted by atomic mass is 19.1. The summed E-state index contributed by atoms with van der Waals surface area (Å²) in [6.07, 6.45) is 5.81. The summed E-state index contributed by atoms with van der Waals surface area (Å²) in [5, 5.41) is 18.2. The van der Waals surface area contributed by atoms with Gasteiger partial charge in [-0.25, -0.2) is 4.39 Å². The number of ether oxygens (including phenoxy) is 1. The van der Waals surface area contributed by atoms with Crippen LogP contribution in [-0.4, -0.2) is 23.8 Å². The van der Waals surface area contributed by atoms with Gasteiger partial charge in [0.15, 0.2) is 0 Å². The molecular weight excluding hydrogens is 234 g/mol. The number of unbranched alkanes of at least 4 members (excludes halogenated alkanes) is 3. The fraction of sp³-hybridized carbons (Fsp3) is 0.385. The van der Waals surface area contributed by atoms with Gasteiger partial charge in [-0.2, -0.15) is 0 Å². The summed E-state index contributed by atoms with van der Waals surface area (Å²) < 4.78 is 18.4. The maximum atomic E-state index is 12.9. The second kappa shape index (κ2) is 7.90. The van der Waals surface area contributed by atoms with Crippen molar-refractivity contribution in [2.24, 2.45) is 0 Å². The van der Waals surface area contributed by atoms with E-state index in [9.17, 15) is 4.39 Å². The highest BCUT2D eigenvalue weighted by molar-refractivity contribution is 6.59. The average Bonchev–Trinajstić information content (AvgIpc) is 2.35. The average molecular weight is 252 g/mol. The van der Waals surface area contributed by atoms with E-state index < -0.39 is 12.9 Å². The van der Waals surface area contributed by atoms with Crippen molar-refractivity contribution in [2.75, 3.05) is 6.61 Å². The van der Waals surface area contributed by atoms with Crippen LogP contribution in [0.4, 0.5) is 4.39 Å². The van der Waals surface area contributed by atoms with Crippen molar-refractivity contribution in [2.45, 2.75) is 25.7 Å². The van der Waals surface area contributed by atoms with Crippen LogP contribution in [0.1, 0.15) is 25.7 Å². The van der Waals surface area contributed by atoms with Crippen LogP contribution >= 0.6 is 0 Å². The first-order chi connectivity index (χ1) is 8.65. The normalized spacial score (nSPS) is 10.2. The molecule has 0 aliphatic rings. The number of halogens is 1. The third kappa shape index (κ3) is 4.90. The molecule has 0 heterocycles. The Morgan fingerprint density at radius 1 is 1.28 bits per heavy atom. The molecule has 0 saturated carbocycles. The maximum absolute atomic E-state index is 12.9. The Labute approximate surface area is 107 Å². The van der Waals surface area contributed by atoms with E-state index in [2.05, 4.69) is 6.58 Å². The number of benzene rings is 1. The van der Waals surface area contributed by atoms with Gasteiger partial charge in [0.1, 0.15) is 11.6 Å². The summed E-state index contributed by atoms with van der Waals surface area (Å²) in [6, 6.07) is 3.71. The molecule has 0 aromatic heterocycles. The van der Waals surface area contributed by atoms with Crippen LogP contribution in [0.15, 0.2) is 30.9 Å². The van der Waals surface area contributed by atoms with Gasteiger partial charge in [-0.1, -0.05) is 6.08 Å². The van der Waals surface area contributed by atoms with Crippen molar-refractivity contribution >= 4 is 12.6 Å². The van der Waals surface area contributed by atoms with E-state index in [0.29, 0.717) is 12.4 Å². The first-order valence-corrected chi connectivity index (χ1v) is 6.04. The standard InChI is InChI=1S/C13H18BFO3/c1-2-3-4-5-6-9-18-13-8-7-11(15)10-12(13)14(16)17/h2,7-8,10,16-17H,1,3-6,9H2. The summed E-state index contributed by atoms with van der Waals surface area (Å²) in [4.78, 5) is 0. The molecule has 0 aliphatic carbocycles. The minimum atomic E-state index is -1.73. The molecule has 2 N–H and O–H groups in total. The van der Waals surface area contributed by atoms with Crippen molar-refractivity contribution in [1.82, 2.24) is 0 Å². The Hall–Kier alpha value is -1.33. The Balaban J connectivity index is 2.44. The third-order valence-electron chi connectivity index (χ3n) is 2.56. The van der Waals surface area contributed by atoms with Gasteiger partial charge in [0, 0.05) is 5.46 Å². The fourth-order valence-corrected chi connectivity index (χ4v) is 1.60.